The van der Waals surface area contributed by atoms with E-state index < -0.39 is 0 Å². The monoisotopic (exact) mass is 224 g/mol. The van der Waals surface area contributed by atoms with E-state index in [9.17, 15) is 0 Å². The molecule has 0 radical (unpaired) electrons. The Balaban J connectivity index is 1.86. The molecule has 0 aromatic heterocycles. The molecule has 0 aromatic rings. The Labute approximate surface area is 100 Å². The zero-order chi connectivity index (χ0) is 12.2. The summed E-state index contributed by atoms with van der Waals surface area (Å²) in [4.78, 5) is 0. The molecular weight excluding hydrogens is 199 g/mol. The normalized spacial score (nSPS) is 31.5. The van der Waals surface area contributed by atoms with Gasteiger partial charge in [0.05, 0.1) is 11.2 Å². The van der Waals surface area contributed by atoms with Gasteiger partial charge in [0.1, 0.15) is 0 Å². The van der Waals surface area contributed by atoms with E-state index in [1.807, 2.05) is 0 Å². The fourth-order valence-corrected chi connectivity index (χ4v) is 3.00. The molecule has 0 unspecified atom stereocenters. The molecule has 0 amide bonds. The molecule has 2 nitrogen and oxygen atoms in total. The quantitative estimate of drug-likeness (QED) is 0.668. The lowest BCUT2D eigenvalue weighted by atomic mass is 9.58. The highest BCUT2D eigenvalue weighted by molar-refractivity contribution is 6.45. The van der Waals surface area contributed by atoms with E-state index >= 15 is 0 Å². The lowest BCUT2D eigenvalue weighted by Crippen LogP contribution is -2.41. The molecule has 0 aromatic carbocycles. The largest absolute Gasteiger partial charge is 0.458 e. The first-order valence-corrected chi connectivity index (χ1v) is 6.47. The van der Waals surface area contributed by atoms with Crippen LogP contribution in [0.4, 0.5) is 0 Å². The zero-order valence-corrected chi connectivity index (χ0v) is 11.6. The molecular formula is C13H25BO2. The van der Waals surface area contributed by atoms with Crippen LogP contribution in [-0.2, 0) is 9.31 Å². The van der Waals surface area contributed by atoms with Gasteiger partial charge < -0.3 is 9.31 Å². The molecule has 1 heterocycles. The first-order valence-electron chi connectivity index (χ1n) is 6.47. The van der Waals surface area contributed by atoms with Gasteiger partial charge in [0.2, 0.25) is 0 Å². The summed E-state index contributed by atoms with van der Waals surface area (Å²) in [6.07, 6.45) is 3.70. The molecule has 0 N–H and O–H groups in total. The summed E-state index contributed by atoms with van der Waals surface area (Å²) in [6.45, 7) is 13.2. The first-order chi connectivity index (χ1) is 7.11. The van der Waals surface area contributed by atoms with Crippen molar-refractivity contribution in [2.24, 2.45) is 11.3 Å². The molecule has 0 bridgehead atoms. The van der Waals surface area contributed by atoms with Crippen LogP contribution in [0.1, 0.15) is 54.4 Å². The Morgan fingerprint density at radius 2 is 1.38 bits per heavy atom. The predicted octanol–water partition coefficient (Wildman–Crippen LogP) is 3.51. The highest BCUT2D eigenvalue weighted by Gasteiger charge is 2.52. The van der Waals surface area contributed by atoms with E-state index in [4.69, 9.17) is 9.31 Å². The smallest absolute Gasteiger partial charge is 0.403 e. The summed E-state index contributed by atoms with van der Waals surface area (Å²) in [6, 6.07) is 0. The zero-order valence-electron chi connectivity index (χ0n) is 11.6. The highest BCUT2D eigenvalue weighted by Crippen LogP contribution is 2.49. The molecule has 2 rings (SSSR count). The molecule has 0 atom stereocenters. The summed E-state index contributed by atoms with van der Waals surface area (Å²) in [5.74, 6) is 0.796. The van der Waals surface area contributed by atoms with Crippen molar-refractivity contribution < 1.29 is 9.31 Å². The maximum Gasteiger partial charge on any atom is 0.458 e. The second-order valence-corrected chi connectivity index (χ2v) is 7.36. The topological polar surface area (TPSA) is 18.5 Å². The third-order valence-corrected chi connectivity index (χ3v) is 4.51. The van der Waals surface area contributed by atoms with Gasteiger partial charge in [-0.1, -0.05) is 13.8 Å². The first kappa shape index (κ1) is 12.4. The van der Waals surface area contributed by atoms with E-state index in [0.717, 1.165) is 12.2 Å². The van der Waals surface area contributed by atoms with Gasteiger partial charge in [-0.3, -0.25) is 0 Å². The lowest BCUT2D eigenvalue weighted by Gasteiger charge is -2.43. The molecule has 16 heavy (non-hydrogen) atoms. The van der Waals surface area contributed by atoms with E-state index in [1.165, 1.54) is 12.8 Å². The molecule has 1 saturated carbocycles. The van der Waals surface area contributed by atoms with Crippen molar-refractivity contribution in [2.45, 2.75) is 71.9 Å². The van der Waals surface area contributed by atoms with Crippen molar-refractivity contribution >= 4 is 7.12 Å². The van der Waals surface area contributed by atoms with E-state index in [2.05, 4.69) is 41.5 Å². The molecule has 2 fully saturated rings. The Morgan fingerprint density at radius 3 is 1.75 bits per heavy atom. The van der Waals surface area contributed by atoms with Gasteiger partial charge in [-0.15, -0.1) is 0 Å². The molecule has 92 valence electrons. The predicted molar refractivity (Wildman–Crippen MR) is 67.4 cm³/mol. The molecule has 1 aliphatic carbocycles. The number of rotatable bonds is 2. The van der Waals surface area contributed by atoms with Crippen molar-refractivity contribution in [3.05, 3.63) is 0 Å². The Hall–Kier alpha value is -0.0151. The van der Waals surface area contributed by atoms with Crippen LogP contribution in [0.2, 0.25) is 6.32 Å². The van der Waals surface area contributed by atoms with Crippen LogP contribution in [0, 0.1) is 11.3 Å². The van der Waals surface area contributed by atoms with Gasteiger partial charge in [0.25, 0.3) is 0 Å². The highest BCUT2D eigenvalue weighted by atomic mass is 16.7. The maximum atomic E-state index is 6.02. The van der Waals surface area contributed by atoms with Crippen LogP contribution >= 0.6 is 0 Å². The summed E-state index contributed by atoms with van der Waals surface area (Å²) in [7, 11) is 0.00565. The number of hydrogen-bond donors (Lipinski definition) is 0. The van der Waals surface area contributed by atoms with Crippen LogP contribution in [0.15, 0.2) is 0 Å². The molecule has 0 spiro atoms. The van der Waals surface area contributed by atoms with Crippen LogP contribution in [0.3, 0.4) is 0 Å². The minimum absolute atomic E-state index is 0.00565. The Bertz CT molecular complexity index is 260. The van der Waals surface area contributed by atoms with Crippen LogP contribution < -0.4 is 0 Å². The average Bonchev–Trinajstić information content (AvgIpc) is 2.15. The van der Waals surface area contributed by atoms with E-state index in [0.29, 0.717) is 5.41 Å². The molecule has 1 aliphatic heterocycles. The van der Waals surface area contributed by atoms with Crippen LogP contribution in [-0.4, -0.2) is 18.3 Å². The van der Waals surface area contributed by atoms with E-state index in [1.54, 1.807) is 0 Å². The molecule has 3 heteroatoms. The number of hydrogen-bond acceptors (Lipinski definition) is 2. The van der Waals surface area contributed by atoms with Gasteiger partial charge in [-0.2, -0.15) is 0 Å². The van der Waals surface area contributed by atoms with Gasteiger partial charge in [0, 0.05) is 0 Å². The average molecular weight is 224 g/mol. The van der Waals surface area contributed by atoms with Crippen molar-refractivity contribution in [1.29, 1.82) is 0 Å². The molecule has 2 aliphatic rings. The fraction of sp³-hybridized carbons (Fsp3) is 1.00. The van der Waals surface area contributed by atoms with Crippen LogP contribution in [0.25, 0.3) is 0 Å². The van der Waals surface area contributed by atoms with Crippen LogP contribution in [0.5, 0.6) is 0 Å². The van der Waals surface area contributed by atoms with Gasteiger partial charge in [-0.05, 0) is 58.2 Å². The second kappa shape index (κ2) is 3.49. The third kappa shape index (κ3) is 2.17. The lowest BCUT2D eigenvalue weighted by molar-refractivity contribution is 0.00578. The molecule has 1 saturated heterocycles. The van der Waals surface area contributed by atoms with Gasteiger partial charge in [0.15, 0.2) is 0 Å². The van der Waals surface area contributed by atoms with Crippen molar-refractivity contribution in [3.63, 3.8) is 0 Å². The van der Waals surface area contributed by atoms with Gasteiger partial charge >= 0.3 is 7.12 Å². The van der Waals surface area contributed by atoms with Gasteiger partial charge in [-0.25, -0.2) is 0 Å². The van der Waals surface area contributed by atoms with Crippen molar-refractivity contribution in [2.75, 3.05) is 0 Å². The van der Waals surface area contributed by atoms with Crippen molar-refractivity contribution in [1.82, 2.24) is 0 Å². The second-order valence-electron chi connectivity index (χ2n) is 7.36. The summed E-state index contributed by atoms with van der Waals surface area (Å²) in [5.41, 5.74) is 0.210. The SMILES string of the molecule is CC1(C)CC(CB2OC(C)(C)C(C)(C)O2)C1. The minimum Gasteiger partial charge on any atom is -0.403 e. The standard InChI is InChI=1S/C13H25BO2/c1-11(2)7-10(8-11)9-14-15-12(3,4)13(5,6)16-14/h10H,7-9H2,1-6H3. The van der Waals surface area contributed by atoms with Crippen molar-refractivity contribution in [3.8, 4) is 0 Å². The maximum absolute atomic E-state index is 6.02. The summed E-state index contributed by atoms with van der Waals surface area (Å²) >= 11 is 0. The summed E-state index contributed by atoms with van der Waals surface area (Å²) < 4.78 is 12.0. The summed E-state index contributed by atoms with van der Waals surface area (Å²) in [5, 5.41) is 0. The Morgan fingerprint density at radius 1 is 0.938 bits per heavy atom. The fourth-order valence-electron chi connectivity index (χ4n) is 3.00. The third-order valence-electron chi connectivity index (χ3n) is 4.51. The van der Waals surface area contributed by atoms with E-state index in [-0.39, 0.29) is 18.3 Å². The minimum atomic E-state index is -0.170. The Kier molecular flexibility index (Phi) is 2.71.